The molecule has 0 amide bonds. The highest BCUT2D eigenvalue weighted by Crippen LogP contribution is 2.38. The normalized spacial score (nSPS) is 28.0. The van der Waals surface area contributed by atoms with Gasteiger partial charge in [-0.15, -0.1) is 0 Å². The molecule has 1 heteroatoms. The molecule has 1 aromatic carbocycles. The summed E-state index contributed by atoms with van der Waals surface area (Å²) in [4.78, 5) is 0. The molecule has 1 N–H and O–H groups in total. The summed E-state index contributed by atoms with van der Waals surface area (Å²) >= 11 is 0. The maximum atomic E-state index is 3.50. The molecule has 0 spiro atoms. The van der Waals surface area contributed by atoms with Crippen LogP contribution in [0.15, 0.2) is 48.6 Å². The minimum absolute atomic E-state index is 0.474. The molecular formula is C12H11N. The van der Waals surface area contributed by atoms with E-state index in [9.17, 15) is 0 Å². The molecule has 1 heterocycles. The van der Waals surface area contributed by atoms with Crippen molar-refractivity contribution in [1.29, 1.82) is 0 Å². The number of para-hydroxylation sites is 1. The number of anilines is 1. The number of nitrogens with one attached hydrogen (secondary N) is 1. The van der Waals surface area contributed by atoms with Crippen molar-refractivity contribution >= 4 is 5.69 Å². The van der Waals surface area contributed by atoms with Crippen LogP contribution in [0, 0.1) is 0 Å². The van der Waals surface area contributed by atoms with Crippen LogP contribution in [0.25, 0.3) is 0 Å². The lowest BCUT2D eigenvalue weighted by molar-refractivity contribution is 0.805. The van der Waals surface area contributed by atoms with Crippen molar-refractivity contribution in [2.75, 3.05) is 5.32 Å². The Morgan fingerprint density at radius 2 is 1.85 bits per heavy atom. The van der Waals surface area contributed by atoms with E-state index in [1.54, 1.807) is 0 Å². The fourth-order valence-electron chi connectivity index (χ4n) is 2.14. The summed E-state index contributed by atoms with van der Waals surface area (Å²) in [7, 11) is 0. The predicted molar refractivity (Wildman–Crippen MR) is 54.9 cm³/mol. The van der Waals surface area contributed by atoms with Gasteiger partial charge >= 0.3 is 0 Å². The lowest BCUT2D eigenvalue weighted by Crippen LogP contribution is -2.17. The molecule has 2 unspecified atom stereocenters. The smallest absolute Gasteiger partial charge is 0.0551 e. The first kappa shape index (κ1) is 6.96. The number of hydrogen-bond donors (Lipinski definition) is 1. The summed E-state index contributed by atoms with van der Waals surface area (Å²) in [5, 5.41) is 3.50. The average Bonchev–Trinajstić information content (AvgIpc) is 2.56. The molecule has 0 radical (unpaired) electrons. The van der Waals surface area contributed by atoms with Crippen LogP contribution in [-0.2, 0) is 0 Å². The van der Waals surface area contributed by atoms with Crippen LogP contribution in [-0.4, -0.2) is 6.04 Å². The third-order valence-corrected chi connectivity index (χ3v) is 2.78. The van der Waals surface area contributed by atoms with Crippen LogP contribution in [0.3, 0.4) is 0 Å². The van der Waals surface area contributed by atoms with Gasteiger partial charge in [0.25, 0.3) is 0 Å². The Bertz CT molecular complexity index is 390. The van der Waals surface area contributed by atoms with Crippen molar-refractivity contribution in [2.45, 2.75) is 12.0 Å². The second kappa shape index (κ2) is 2.49. The summed E-state index contributed by atoms with van der Waals surface area (Å²) in [5.74, 6) is 0.543. The van der Waals surface area contributed by atoms with Crippen molar-refractivity contribution in [3.05, 3.63) is 54.1 Å². The molecule has 1 aliphatic carbocycles. The number of benzene rings is 1. The molecule has 0 fully saturated rings. The second-order valence-corrected chi connectivity index (χ2v) is 3.55. The van der Waals surface area contributed by atoms with E-state index in [4.69, 9.17) is 0 Å². The zero-order chi connectivity index (χ0) is 8.67. The first-order valence-electron chi connectivity index (χ1n) is 4.65. The van der Waals surface area contributed by atoms with Crippen LogP contribution in [0.5, 0.6) is 0 Å². The second-order valence-electron chi connectivity index (χ2n) is 3.55. The third-order valence-electron chi connectivity index (χ3n) is 2.78. The summed E-state index contributed by atoms with van der Waals surface area (Å²) in [6.07, 6.45) is 8.74. The first-order chi connectivity index (χ1) is 6.45. The molecular weight excluding hydrogens is 158 g/mol. The van der Waals surface area contributed by atoms with E-state index in [1.165, 1.54) is 11.3 Å². The van der Waals surface area contributed by atoms with E-state index in [0.717, 1.165) is 0 Å². The lowest BCUT2D eigenvalue weighted by Gasteiger charge is -2.15. The molecule has 1 aliphatic heterocycles. The average molecular weight is 169 g/mol. The van der Waals surface area contributed by atoms with Crippen molar-refractivity contribution in [3.8, 4) is 0 Å². The molecule has 1 aromatic rings. The number of allylic oxidation sites excluding steroid dienone is 2. The number of fused-ring (bicyclic) bond motifs is 3. The van der Waals surface area contributed by atoms with Crippen LogP contribution >= 0.6 is 0 Å². The van der Waals surface area contributed by atoms with E-state index in [1.807, 2.05) is 0 Å². The van der Waals surface area contributed by atoms with Gasteiger partial charge in [0.05, 0.1) is 6.04 Å². The Morgan fingerprint density at radius 1 is 1.00 bits per heavy atom. The molecule has 3 rings (SSSR count). The summed E-state index contributed by atoms with van der Waals surface area (Å²) in [6, 6.07) is 9.01. The lowest BCUT2D eigenvalue weighted by atomic mass is 9.92. The standard InChI is InChI=1S/C12H11N/c1-3-7-11-9(5-1)10-6-2-4-8-12(10)13-11/h1-9,11,13H. The van der Waals surface area contributed by atoms with E-state index in [2.05, 4.69) is 53.9 Å². The van der Waals surface area contributed by atoms with E-state index in [0.29, 0.717) is 12.0 Å². The van der Waals surface area contributed by atoms with Gasteiger partial charge in [0.2, 0.25) is 0 Å². The minimum atomic E-state index is 0.474. The molecule has 13 heavy (non-hydrogen) atoms. The van der Waals surface area contributed by atoms with Gasteiger partial charge < -0.3 is 5.32 Å². The molecule has 1 nitrogen and oxygen atoms in total. The summed E-state index contributed by atoms with van der Waals surface area (Å²) < 4.78 is 0. The zero-order valence-electron chi connectivity index (χ0n) is 7.27. The van der Waals surface area contributed by atoms with E-state index < -0.39 is 0 Å². The topological polar surface area (TPSA) is 12.0 Å². The fraction of sp³-hybridized carbons (Fsp3) is 0.167. The number of rotatable bonds is 0. The van der Waals surface area contributed by atoms with E-state index >= 15 is 0 Å². The van der Waals surface area contributed by atoms with Gasteiger partial charge in [-0.05, 0) is 11.6 Å². The Morgan fingerprint density at radius 3 is 2.85 bits per heavy atom. The molecule has 0 saturated carbocycles. The SMILES string of the molecule is C1=CC2Nc3ccccc3C2C=C1. The third kappa shape index (κ3) is 0.934. The summed E-state index contributed by atoms with van der Waals surface area (Å²) in [6.45, 7) is 0. The first-order valence-corrected chi connectivity index (χ1v) is 4.65. The van der Waals surface area contributed by atoms with Gasteiger partial charge in [-0.1, -0.05) is 42.5 Å². The van der Waals surface area contributed by atoms with Crippen molar-refractivity contribution in [1.82, 2.24) is 0 Å². The van der Waals surface area contributed by atoms with Crippen molar-refractivity contribution in [2.24, 2.45) is 0 Å². The zero-order valence-corrected chi connectivity index (χ0v) is 7.27. The van der Waals surface area contributed by atoms with Gasteiger partial charge in [0.15, 0.2) is 0 Å². The Kier molecular flexibility index (Phi) is 1.33. The van der Waals surface area contributed by atoms with Gasteiger partial charge in [0.1, 0.15) is 0 Å². The van der Waals surface area contributed by atoms with Crippen LogP contribution in [0.2, 0.25) is 0 Å². The monoisotopic (exact) mass is 169 g/mol. The highest BCUT2D eigenvalue weighted by molar-refractivity contribution is 5.62. The maximum Gasteiger partial charge on any atom is 0.0551 e. The minimum Gasteiger partial charge on any atom is -0.378 e. The van der Waals surface area contributed by atoms with Crippen LogP contribution in [0.1, 0.15) is 11.5 Å². The van der Waals surface area contributed by atoms with Crippen LogP contribution < -0.4 is 5.32 Å². The largest absolute Gasteiger partial charge is 0.378 e. The molecule has 0 saturated heterocycles. The van der Waals surface area contributed by atoms with Gasteiger partial charge in [0, 0.05) is 11.6 Å². The maximum absolute atomic E-state index is 3.50. The molecule has 0 aromatic heterocycles. The van der Waals surface area contributed by atoms with Crippen LogP contribution in [0.4, 0.5) is 5.69 Å². The quantitative estimate of drug-likeness (QED) is 0.629. The molecule has 2 atom stereocenters. The Labute approximate surface area is 77.8 Å². The van der Waals surface area contributed by atoms with Gasteiger partial charge in [-0.25, -0.2) is 0 Å². The van der Waals surface area contributed by atoms with E-state index in [-0.39, 0.29) is 0 Å². The summed E-state index contributed by atoms with van der Waals surface area (Å²) in [5.41, 5.74) is 2.71. The van der Waals surface area contributed by atoms with Crippen molar-refractivity contribution < 1.29 is 0 Å². The van der Waals surface area contributed by atoms with Gasteiger partial charge in [-0.3, -0.25) is 0 Å². The molecule has 2 aliphatic rings. The Balaban J connectivity index is 2.12. The fourth-order valence-corrected chi connectivity index (χ4v) is 2.14. The Hall–Kier alpha value is -1.50. The van der Waals surface area contributed by atoms with Crippen molar-refractivity contribution in [3.63, 3.8) is 0 Å². The predicted octanol–water partition coefficient (Wildman–Crippen LogP) is 2.69. The number of hydrogen-bond acceptors (Lipinski definition) is 1. The highest BCUT2D eigenvalue weighted by atomic mass is 15.0. The molecule has 64 valence electrons. The molecule has 0 bridgehead atoms. The van der Waals surface area contributed by atoms with Gasteiger partial charge in [-0.2, -0.15) is 0 Å². The highest BCUT2D eigenvalue weighted by Gasteiger charge is 2.28.